The lowest BCUT2D eigenvalue weighted by Crippen LogP contribution is -2.25. The van der Waals surface area contributed by atoms with Crippen LogP contribution >= 0.6 is 0 Å². The second-order valence-electron chi connectivity index (χ2n) is 1.34. The van der Waals surface area contributed by atoms with Crippen molar-refractivity contribution in [1.82, 2.24) is 5.32 Å². The molecule has 0 aromatic rings. The van der Waals surface area contributed by atoms with Gasteiger partial charge in [-0.3, -0.25) is 5.32 Å². The van der Waals surface area contributed by atoms with Gasteiger partial charge in [-0.2, -0.15) is 0 Å². The van der Waals surface area contributed by atoms with Crippen molar-refractivity contribution in [2.24, 2.45) is 0 Å². The molecule has 1 rings (SSSR count). The van der Waals surface area contributed by atoms with Crippen molar-refractivity contribution in [2.45, 2.75) is 6.23 Å². The van der Waals surface area contributed by atoms with Gasteiger partial charge in [-0.05, 0) is 7.05 Å². The first kappa shape index (κ1) is 5.03. The van der Waals surface area contributed by atoms with Crippen LogP contribution in [0.25, 0.3) is 0 Å². The standard InChI is InChI=1S/C4H8NO2/c1-5-4-2-6-3-7-4/h3-5H,2H2,1H3. The first-order valence-electron chi connectivity index (χ1n) is 2.19. The van der Waals surface area contributed by atoms with E-state index in [4.69, 9.17) is 9.47 Å². The number of hydrogen-bond donors (Lipinski definition) is 1. The van der Waals surface area contributed by atoms with E-state index in [-0.39, 0.29) is 6.23 Å². The molecule has 1 heterocycles. The molecule has 1 aliphatic heterocycles. The minimum absolute atomic E-state index is 0.0694. The highest BCUT2D eigenvalue weighted by atomic mass is 16.7. The van der Waals surface area contributed by atoms with Gasteiger partial charge in [0.15, 0.2) is 0 Å². The van der Waals surface area contributed by atoms with Gasteiger partial charge in [0.25, 0.3) is 0 Å². The van der Waals surface area contributed by atoms with Crippen LogP contribution in [-0.4, -0.2) is 19.9 Å². The van der Waals surface area contributed by atoms with Gasteiger partial charge in [-0.15, -0.1) is 0 Å². The maximum Gasteiger partial charge on any atom is 0.211 e. The minimum Gasteiger partial charge on any atom is -0.344 e. The van der Waals surface area contributed by atoms with Crippen molar-refractivity contribution in [1.29, 1.82) is 0 Å². The molecule has 1 radical (unpaired) electrons. The monoisotopic (exact) mass is 102 g/mol. The normalized spacial score (nSPS) is 31.3. The SMILES string of the molecule is CNC1CO[CH]O1. The van der Waals surface area contributed by atoms with Crippen molar-refractivity contribution < 1.29 is 9.47 Å². The van der Waals surface area contributed by atoms with Crippen LogP contribution in [0.5, 0.6) is 0 Å². The molecule has 0 aromatic heterocycles. The molecule has 0 aliphatic carbocycles. The number of likely N-dealkylation sites (N-methyl/N-ethyl adjacent to an activating group) is 1. The summed E-state index contributed by atoms with van der Waals surface area (Å²) in [7, 11) is 1.83. The number of hydrogen-bond acceptors (Lipinski definition) is 3. The molecule has 1 atom stereocenters. The molecule has 1 fully saturated rings. The van der Waals surface area contributed by atoms with E-state index in [0.29, 0.717) is 6.61 Å². The maximum atomic E-state index is 4.84. The van der Waals surface area contributed by atoms with Gasteiger partial charge in [0, 0.05) is 0 Å². The van der Waals surface area contributed by atoms with Crippen LogP contribution in [0.2, 0.25) is 0 Å². The van der Waals surface area contributed by atoms with Crippen molar-refractivity contribution in [3.63, 3.8) is 0 Å². The lowest BCUT2D eigenvalue weighted by molar-refractivity contribution is 0.115. The Labute approximate surface area is 42.6 Å². The van der Waals surface area contributed by atoms with Crippen LogP contribution in [0.3, 0.4) is 0 Å². The van der Waals surface area contributed by atoms with Gasteiger partial charge in [0.2, 0.25) is 6.79 Å². The molecule has 0 aromatic carbocycles. The molecule has 7 heavy (non-hydrogen) atoms. The molecule has 0 amide bonds. The maximum absolute atomic E-state index is 4.84. The Bertz CT molecular complexity index is 51.7. The molecule has 0 bridgehead atoms. The predicted molar refractivity (Wildman–Crippen MR) is 24.2 cm³/mol. The van der Waals surface area contributed by atoms with E-state index < -0.39 is 0 Å². The Balaban J connectivity index is 2.14. The van der Waals surface area contributed by atoms with Gasteiger partial charge in [-0.25, -0.2) is 0 Å². The quantitative estimate of drug-likeness (QED) is 0.493. The van der Waals surface area contributed by atoms with Crippen LogP contribution in [0.15, 0.2) is 0 Å². The highest BCUT2D eigenvalue weighted by Gasteiger charge is 2.12. The Morgan fingerprint density at radius 3 is 3.00 bits per heavy atom. The topological polar surface area (TPSA) is 30.5 Å². The summed E-state index contributed by atoms with van der Waals surface area (Å²) in [5.74, 6) is 0. The zero-order valence-electron chi connectivity index (χ0n) is 4.18. The van der Waals surface area contributed by atoms with E-state index >= 15 is 0 Å². The molecule has 3 heteroatoms. The summed E-state index contributed by atoms with van der Waals surface area (Å²) in [6, 6.07) is 0. The van der Waals surface area contributed by atoms with Gasteiger partial charge in [-0.1, -0.05) is 0 Å². The molecule has 1 saturated heterocycles. The van der Waals surface area contributed by atoms with E-state index in [0.717, 1.165) is 0 Å². The van der Waals surface area contributed by atoms with Gasteiger partial charge < -0.3 is 9.47 Å². The fourth-order valence-electron chi connectivity index (χ4n) is 0.424. The fourth-order valence-corrected chi connectivity index (χ4v) is 0.424. The first-order valence-corrected chi connectivity index (χ1v) is 2.19. The summed E-state index contributed by atoms with van der Waals surface area (Å²) in [5.41, 5.74) is 0. The van der Waals surface area contributed by atoms with Crippen LogP contribution < -0.4 is 5.32 Å². The third-order valence-corrected chi connectivity index (χ3v) is 0.857. The lowest BCUT2D eigenvalue weighted by Gasteiger charge is -2.00. The summed E-state index contributed by atoms with van der Waals surface area (Å²) >= 11 is 0. The molecule has 41 valence electrons. The average molecular weight is 102 g/mol. The van der Waals surface area contributed by atoms with E-state index in [1.54, 1.807) is 0 Å². The van der Waals surface area contributed by atoms with Crippen LogP contribution in [0.1, 0.15) is 0 Å². The lowest BCUT2D eigenvalue weighted by atomic mass is 10.6. The molecule has 0 spiro atoms. The zero-order valence-corrected chi connectivity index (χ0v) is 4.18. The molecule has 0 saturated carbocycles. The van der Waals surface area contributed by atoms with Crippen molar-refractivity contribution in [2.75, 3.05) is 13.7 Å². The van der Waals surface area contributed by atoms with Crippen LogP contribution in [0, 0.1) is 6.79 Å². The number of ether oxygens (including phenoxy) is 2. The molecule has 1 unspecified atom stereocenters. The zero-order chi connectivity index (χ0) is 5.11. The van der Waals surface area contributed by atoms with E-state index in [1.807, 2.05) is 7.05 Å². The molecular formula is C4H8NO2. The van der Waals surface area contributed by atoms with Crippen molar-refractivity contribution in [3.8, 4) is 0 Å². The first-order chi connectivity index (χ1) is 3.43. The highest BCUT2D eigenvalue weighted by Crippen LogP contribution is 2.01. The van der Waals surface area contributed by atoms with Gasteiger partial charge >= 0.3 is 0 Å². The molecule has 1 aliphatic rings. The smallest absolute Gasteiger partial charge is 0.211 e. The third kappa shape index (κ3) is 1.12. The summed E-state index contributed by atoms with van der Waals surface area (Å²) < 4.78 is 9.58. The number of rotatable bonds is 1. The summed E-state index contributed by atoms with van der Waals surface area (Å²) in [6.45, 7) is 1.97. The van der Waals surface area contributed by atoms with Crippen molar-refractivity contribution >= 4 is 0 Å². The molecule has 3 nitrogen and oxygen atoms in total. The van der Waals surface area contributed by atoms with Crippen LogP contribution in [0.4, 0.5) is 0 Å². The highest BCUT2D eigenvalue weighted by molar-refractivity contribution is 4.56. The molecule has 1 N–H and O–H groups in total. The summed E-state index contributed by atoms with van der Waals surface area (Å²) in [6.07, 6.45) is 0.0694. The second-order valence-corrected chi connectivity index (χ2v) is 1.34. The Morgan fingerprint density at radius 2 is 2.71 bits per heavy atom. The Hall–Kier alpha value is -0.120. The average Bonchev–Trinajstić information content (AvgIpc) is 2.14. The van der Waals surface area contributed by atoms with Gasteiger partial charge in [0.05, 0.1) is 6.61 Å². The van der Waals surface area contributed by atoms with E-state index in [2.05, 4.69) is 5.32 Å². The Morgan fingerprint density at radius 1 is 1.86 bits per heavy atom. The second kappa shape index (κ2) is 2.26. The minimum atomic E-state index is 0.0694. The van der Waals surface area contributed by atoms with Crippen LogP contribution in [-0.2, 0) is 9.47 Å². The largest absolute Gasteiger partial charge is 0.344 e. The molecular weight excluding hydrogens is 94.0 g/mol. The number of nitrogens with one attached hydrogen (secondary N) is 1. The fraction of sp³-hybridized carbons (Fsp3) is 0.750. The van der Waals surface area contributed by atoms with Crippen molar-refractivity contribution in [3.05, 3.63) is 6.79 Å². The summed E-state index contributed by atoms with van der Waals surface area (Å²) in [4.78, 5) is 0. The summed E-state index contributed by atoms with van der Waals surface area (Å²) in [5, 5.41) is 2.89. The van der Waals surface area contributed by atoms with Gasteiger partial charge in [0.1, 0.15) is 6.23 Å². The van der Waals surface area contributed by atoms with E-state index in [9.17, 15) is 0 Å². The predicted octanol–water partition coefficient (Wildman–Crippen LogP) is -0.302. The van der Waals surface area contributed by atoms with E-state index in [1.165, 1.54) is 6.79 Å². The third-order valence-electron chi connectivity index (χ3n) is 0.857. The Kier molecular flexibility index (Phi) is 1.62.